The number of aliphatic hydroxyl groups is 2. The Morgan fingerprint density at radius 1 is 1.70 bits per heavy atom. The molecule has 0 radical (unpaired) electrons. The van der Waals surface area contributed by atoms with Crippen molar-refractivity contribution >= 4 is 12.2 Å². The molecule has 0 aliphatic rings. The fourth-order valence-electron chi connectivity index (χ4n) is 0.268. The minimum Gasteiger partial charge on any atom is -0.350 e. The molecule has 10 heavy (non-hydrogen) atoms. The molecule has 0 rings (SSSR count). The highest BCUT2D eigenvalue weighted by molar-refractivity contribution is 5.81. The van der Waals surface area contributed by atoms with Crippen molar-refractivity contribution in [1.82, 2.24) is 5.06 Å². The number of amides is 2. The molecule has 0 atom stereocenters. The molecule has 0 aliphatic carbocycles. The van der Waals surface area contributed by atoms with Crippen molar-refractivity contribution in [2.75, 3.05) is 0 Å². The Labute approximate surface area is 57.0 Å². The summed E-state index contributed by atoms with van der Waals surface area (Å²) in [7, 11) is 0. The number of hydrogen-bond acceptors (Lipinski definition) is 4. The van der Waals surface area contributed by atoms with Crippen molar-refractivity contribution in [3.63, 3.8) is 0 Å². The van der Waals surface area contributed by atoms with E-state index in [4.69, 9.17) is 15.4 Å². The zero-order valence-corrected chi connectivity index (χ0v) is 5.30. The molecule has 6 nitrogen and oxygen atoms in total. The molecule has 2 amide bonds. The minimum atomic E-state index is -2.23. The average Bonchev–Trinajstić information content (AvgIpc) is 1.87. The predicted molar refractivity (Wildman–Crippen MR) is 31.4 cm³/mol. The molecule has 0 heterocycles. The lowest BCUT2D eigenvalue weighted by atomic mass is 10.8. The fourth-order valence-corrected chi connectivity index (χ4v) is 0.268. The summed E-state index contributed by atoms with van der Waals surface area (Å²) >= 11 is 0. The maximum Gasteiger partial charge on any atom is 0.371 e. The van der Waals surface area contributed by atoms with Gasteiger partial charge in [0, 0.05) is 6.21 Å². The van der Waals surface area contributed by atoms with Gasteiger partial charge in [0.15, 0.2) is 0 Å². The van der Waals surface area contributed by atoms with Crippen LogP contribution in [0.15, 0.2) is 4.99 Å². The van der Waals surface area contributed by atoms with Crippen molar-refractivity contribution in [1.29, 1.82) is 0 Å². The summed E-state index contributed by atoms with van der Waals surface area (Å²) < 4.78 is 0. The second-order valence-electron chi connectivity index (χ2n) is 1.36. The lowest BCUT2D eigenvalue weighted by Crippen LogP contribution is -2.35. The van der Waals surface area contributed by atoms with E-state index in [0.717, 1.165) is 6.21 Å². The van der Waals surface area contributed by atoms with E-state index in [0.29, 0.717) is 0 Å². The minimum absolute atomic E-state index is 0.306. The first-order valence-corrected chi connectivity index (χ1v) is 2.46. The maximum atomic E-state index is 10.3. The molecule has 0 saturated heterocycles. The largest absolute Gasteiger partial charge is 0.371 e. The van der Waals surface area contributed by atoms with Gasteiger partial charge < -0.3 is 10.2 Å². The van der Waals surface area contributed by atoms with Crippen LogP contribution in [0, 0.1) is 0 Å². The first-order chi connectivity index (χ1) is 4.59. The summed E-state index contributed by atoms with van der Waals surface area (Å²) in [6.07, 6.45) is -1.11. The molecule has 0 fully saturated rings. The van der Waals surface area contributed by atoms with E-state index in [1.54, 1.807) is 0 Å². The molecule has 0 spiro atoms. The second kappa shape index (κ2) is 3.94. The third kappa shape index (κ3) is 2.53. The first kappa shape index (κ1) is 9.02. The summed E-state index contributed by atoms with van der Waals surface area (Å²) in [5.41, 5.74) is 0. The predicted octanol–water partition coefficient (Wildman–Crippen LogP) is -0.843. The van der Waals surface area contributed by atoms with Crippen LogP contribution in [0.1, 0.15) is 6.92 Å². The van der Waals surface area contributed by atoms with Gasteiger partial charge in [0.25, 0.3) is 6.41 Å². The number of hydrogen-bond donors (Lipinski definition) is 3. The number of aliphatic hydroxyl groups excluding tert-OH is 1. The van der Waals surface area contributed by atoms with E-state index < -0.39 is 12.4 Å². The Morgan fingerprint density at radius 2 is 2.20 bits per heavy atom. The van der Waals surface area contributed by atoms with Gasteiger partial charge in [0.1, 0.15) is 0 Å². The van der Waals surface area contributed by atoms with Crippen LogP contribution in [0.3, 0.4) is 0 Å². The quantitative estimate of drug-likeness (QED) is 0.195. The SMILES string of the molecule is C/C=N/C(=O)N(O)C(O)O. The molecule has 3 N–H and O–H groups in total. The summed E-state index contributed by atoms with van der Waals surface area (Å²) in [5, 5.41) is 24.4. The molecule has 0 aromatic rings. The van der Waals surface area contributed by atoms with Crippen LogP contribution in [-0.4, -0.2) is 39.1 Å². The van der Waals surface area contributed by atoms with Crippen LogP contribution in [0.25, 0.3) is 0 Å². The van der Waals surface area contributed by atoms with Gasteiger partial charge in [-0.15, -0.1) is 5.06 Å². The summed E-state index contributed by atoms with van der Waals surface area (Å²) in [6, 6.07) is -1.13. The molecular weight excluding hydrogens is 140 g/mol. The number of carbonyl (C=O) groups excluding carboxylic acids is 1. The van der Waals surface area contributed by atoms with Crippen molar-refractivity contribution in [2.24, 2.45) is 4.99 Å². The average molecular weight is 148 g/mol. The standard InChI is InChI=1S/C4H8N2O4/c1-2-5-3(7)6(10)4(8)9/h2,4,8-10H,1H3/b5-2+. The van der Waals surface area contributed by atoms with E-state index in [1.807, 2.05) is 0 Å². The number of carbonyl (C=O) groups is 1. The molecule has 6 heteroatoms. The van der Waals surface area contributed by atoms with E-state index in [2.05, 4.69) is 4.99 Å². The van der Waals surface area contributed by atoms with Crippen molar-refractivity contribution < 1.29 is 20.2 Å². The Bertz CT molecular complexity index is 144. The number of rotatable bonds is 1. The maximum absolute atomic E-state index is 10.3. The van der Waals surface area contributed by atoms with E-state index in [9.17, 15) is 4.79 Å². The zero-order valence-electron chi connectivity index (χ0n) is 5.30. The number of nitrogens with zero attached hydrogens (tertiary/aromatic N) is 2. The number of urea groups is 1. The van der Waals surface area contributed by atoms with Crippen molar-refractivity contribution in [3.8, 4) is 0 Å². The fraction of sp³-hybridized carbons (Fsp3) is 0.500. The Balaban J connectivity index is 3.95. The van der Waals surface area contributed by atoms with Gasteiger partial charge in [-0.2, -0.15) is 0 Å². The van der Waals surface area contributed by atoms with Crippen LogP contribution in [-0.2, 0) is 0 Å². The van der Waals surface area contributed by atoms with Gasteiger partial charge in [-0.1, -0.05) is 0 Å². The third-order valence-corrected chi connectivity index (χ3v) is 0.654. The highest BCUT2D eigenvalue weighted by Gasteiger charge is 2.14. The topological polar surface area (TPSA) is 93.4 Å². The Hall–Kier alpha value is -0.980. The molecular formula is C4H8N2O4. The van der Waals surface area contributed by atoms with Gasteiger partial charge in [-0.25, -0.2) is 9.79 Å². The lowest BCUT2D eigenvalue weighted by molar-refractivity contribution is -0.245. The number of hydroxylamine groups is 2. The normalized spacial score (nSPS) is 10.9. The zero-order chi connectivity index (χ0) is 8.15. The summed E-state index contributed by atoms with van der Waals surface area (Å²) in [5.74, 6) is 0. The molecule has 0 aliphatic heterocycles. The highest BCUT2D eigenvalue weighted by Crippen LogP contribution is 1.90. The van der Waals surface area contributed by atoms with Gasteiger partial charge >= 0.3 is 6.03 Å². The molecule has 0 unspecified atom stereocenters. The van der Waals surface area contributed by atoms with Crippen molar-refractivity contribution in [2.45, 2.75) is 13.3 Å². The van der Waals surface area contributed by atoms with Crippen LogP contribution >= 0.6 is 0 Å². The van der Waals surface area contributed by atoms with Crippen LogP contribution in [0.2, 0.25) is 0 Å². The molecule has 58 valence electrons. The second-order valence-corrected chi connectivity index (χ2v) is 1.36. The van der Waals surface area contributed by atoms with E-state index >= 15 is 0 Å². The Kier molecular flexibility index (Phi) is 3.55. The van der Waals surface area contributed by atoms with Crippen LogP contribution in [0.4, 0.5) is 4.79 Å². The number of aliphatic imine (C=N–C) groups is 1. The monoisotopic (exact) mass is 148 g/mol. The smallest absolute Gasteiger partial charge is 0.350 e. The van der Waals surface area contributed by atoms with Crippen LogP contribution in [0.5, 0.6) is 0 Å². The lowest BCUT2D eigenvalue weighted by Gasteiger charge is -2.12. The van der Waals surface area contributed by atoms with E-state index in [1.165, 1.54) is 6.92 Å². The van der Waals surface area contributed by atoms with Gasteiger partial charge in [0.05, 0.1) is 0 Å². The van der Waals surface area contributed by atoms with Gasteiger partial charge in [-0.3, -0.25) is 5.21 Å². The summed E-state index contributed by atoms with van der Waals surface area (Å²) in [4.78, 5) is 13.4. The van der Waals surface area contributed by atoms with Crippen molar-refractivity contribution in [3.05, 3.63) is 0 Å². The molecule has 0 saturated carbocycles. The Morgan fingerprint density at radius 3 is 2.50 bits per heavy atom. The first-order valence-electron chi connectivity index (χ1n) is 2.46. The summed E-state index contributed by atoms with van der Waals surface area (Å²) in [6.45, 7) is 1.45. The van der Waals surface area contributed by atoms with E-state index in [-0.39, 0.29) is 5.06 Å². The van der Waals surface area contributed by atoms with Gasteiger partial charge in [-0.05, 0) is 6.92 Å². The highest BCUT2D eigenvalue weighted by atomic mass is 16.6. The van der Waals surface area contributed by atoms with Crippen LogP contribution < -0.4 is 0 Å². The molecule has 0 aromatic carbocycles. The third-order valence-electron chi connectivity index (χ3n) is 0.654. The van der Waals surface area contributed by atoms with Gasteiger partial charge in [0.2, 0.25) is 0 Å². The molecule has 0 aromatic heterocycles. The molecule has 0 bridgehead atoms.